The third-order valence-electron chi connectivity index (χ3n) is 3.17. The van der Waals surface area contributed by atoms with E-state index in [1.165, 1.54) is 12.0 Å². The molecule has 1 fully saturated rings. The van der Waals surface area contributed by atoms with Gasteiger partial charge in [0.05, 0.1) is 0 Å². The normalized spacial score (nSPS) is 26.1. The molecule has 1 aromatic carbocycles. The molecular weight excluding hydrogens is 202 g/mol. The van der Waals surface area contributed by atoms with E-state index in [-0.39, 0.29) is 0 Å². The minimum Gasteiger partial charge on any atom is -0.443 e. The van der Waals surface area contributed by atoms with Crippen LogP contribution in [0.2, 0.25) is 0 Å². The highest BCUT2D eigenvalue weighted by atomic mass is 16.3. The molecule has 0 radical (unpaired) electrons. The number of nitrogens with one attached hydrogen (secondary N) is 2. The van der Waals surface area contributed by atoms with Crippen molar-refractivity contribution in [1.29, 1.82) is 0 Å². The van der Waals surface area contributed by atoms with Gasteiger partial charge in [-0.2, -0.15) is 0 Å². The monoisotopic (exact) mass is 217 g/mol. The molecule has 4 nitrogen and oxygen atoms in total. The number of hydrogen-bond donors (Lipinski definition) is 2. The van der Waals surface area contributed by atoms with Gasteiger partial charge in [-0.05, 0) is 24.6 Å². The Labute approximate surface area is 94.0 Å². The van der Waals surface area contributed by atoms with E-state index in [0.29, 0.717) is 12.1 Å². The predicted molar refractivity (Wildman–Crippen MR) is 62.2 cm³/mol. The van der Waals surface area contributed by atoms with E-state index in [2.05, 4.69) is 34.7 Å². The highest BCUT2D eigenvalue weighted by molar-refractivity contribution is 5.72. The van der Waals surface area contributed by atoms with Crippen molar-refractivity contribution >= 4 is 11.1 Å². The largest absolute Gasteiger partial charge is 0.443 e. The highest BCUT2D eigenvalue weighted by Crippen LogP contribution is 2.22. The Hall–Kier alpha value is -1.39. The van der Waals surface area contributed by atoms with E-state index in [0.717, 1.165) is 24.2 Å². The molecule has 3 rings (SSSR count). The van der Waals surface area contributed by atoms with Crippen LogP contribution >= 0.6 is 0 Å². The van der Waals surface area contributed by atoms with Crippen LogP contribution in [0.3, 0.4) is 0 Å². The van der Waals surface area contributed by atoms with Crippen LogP contribution in [-0.4, -0.2) is 24.1 Å². The van der Waals surface area contributed by atoms with Gasteiger partial charge in [-0.25, -0.2) is 4.98 Å². The number of rotatable bonds is 1. The number of fused-ring (bicyclic) bond motifs is 1. The average Bonchev–Trinajstić information content (AvgIpc) is 2.76. The Balaban J connectivity index is 1.97. The molecule has 1 saturated heterocycles. The molecule has 16 heavy (non-hydrogen) atoms. The Bertz CT molecular complexity index is 494. The lowest BCUT2D eigenvalue weighted by molar-refractivity contribution is 0.345. The summed E-state index contributed by atoms with van der Waals surface area (Å²) in [4.78, 5) is 4.12. The Morgan fingerprint density at radius 2 is 2.19 bits per heavy atom. The summed E-state index contributed by atoms with van der Waals surface area (Å²) in [6, 6.07) is 6.99. The Kier molecular flexibility index (Phi) is 2.38. The first-order valence-corrected chi connectivity index (χ1v) is 5.64. The summed E-state index contributed by atoms with van der Waals surface area (Å²) < 4.78 is 5.33. The number of benzene rings is 1. The van der Waals surface area contributed by atoms with E-state index >= 15 is 0 Å². The van der Waals surface area contributed by atoms with Crippen LogP contribution in [0.1, 0.15) is 18.5 Å². The van der Waals surface area contributed by atoms with Crippen molar-refractivity contribution in [2.75, 3.05) is 13.1 Å². The van der Waals surface area contributed by atoms with Gasteiger partial charge < -0.3 is 15.1 Å². The third-order valence-corrected chi connectivity index (χ3v) is 3.17. The van der Waals surface area contributed by atoms with Crippen molar-refractivity contribution in [3.05, 3.63) is 30.2 Å². The molecule has 0 saturated carbocycles. The molecule has 2 unspecified atom stereocenters. The number of oxazole rings is 1. The molecule has 1 aliphatic rings. The summed E-state index contributed by atoms with van der Waals surface area (Å²) in [7, 11) is 0. The summed E-state index contributed by atoms with van der Waals surface area (Å²) >= 11 is 0. The summed E-state index contributed by atoms with van der Waals surface area (Å²) in [5.74, 6) is 0. The molecule has 2 heterocycles. The molecule has 0 bridgehead atoms. The third kappa shape index (κ3) is 1.60. The molecule has 0 amide bonds. The number of nitrogens with zero attached hydrogens (tertiary/aromatic N) is 1. The highest BCUT2D eigenvalue weighted by Gasteiger charge is 2.22. The van der Waals surface area contributed by atoms with Gasteiger partial charge in [0.15, 0.2) is 12.0 Å². The molecular formula is C12H15N3O. The second kappa shape index (κ2) is 3.88. The number of hydrogen-bond acceptors (Lipinski definition) is 4. The number of aromatic nitrogens is 1. The number of piperazine rings is 1. The van der Waals surface area contributed by atoms with Gasteiger partial charge in [-0.15, -0.1) is 0 Å². The van der Waals surface area contributed by atoms with Gasteiger partial charge in [0.2, 0.25) is 0 Å². The van der Waals surface area contributed by atoms with E-state index < -0.39 is 0 Å². The molecule has 0 spiro atoms. The van der Waals surface area contributed by atoms with Crippen molar-refractivity contribution < 1.29 is 4.42 Å². The van der Waals surface area contributed by atoms with Gasteiger partial charge >= 0.3 is 0 Å². The maximum absolute atomic E-state index is 5.33. The molecule has 1 aromatic heterocycles. The summed E-state index contributed by atoms with van der Waals surface area (Å²) in [6.07, 6.45) is 1.49. The fourth-order valence-electron chi connectivity index (χ4n) is 2.29. The standard InChI is InChI=1S/C12H15N3O/c1-8-12(14-5-4-13-8)9-2-3-10-11(6-9)16-7-15-10/h2-3,6-8,12-14H,4-5H2,1H3. The lowest BCUT2D eigenvalue weighted by Gasteiger charge is -2.31. The maximum Gasteiger partial charge on any atom is 0.181 e. The SMILES string of the molecule is CC1NCCNC1c1ccc2ncoc2c1. The zero-order chi connectivity index (χ0) is 11.0. The van der Waals surface area contributed by atoms with Crippen LogP contribution in [0.15, 0.2) is 29.0 Å². The first kappa shape index (κ1) is 9.81. The van der Waals surface area contributed by atoms with Crippen LogP contribution in [0.4, 0.5) is 0 Å². The van der Waals surface area contributed by atoms with Crippen LogP contribution in [0, 0.1) is 0 Å². The van der Waals surface area contributed by atoms with Crippen molar-refractivity contribution in [3.63, 3.8) is 0 Å². The summed E-state index contributed by atoms with van der Waals surface area (Å²) in [5.41, 5.74) is 3.03. The van der Waals surface area contributed by atoms with Crippen molar-refractivity contribution in [2.45, 2.75) is 19.0 Å². The second-order valence-corrected chi connectivity index (χ2v) is 4.25. The van der Waals surface area contributed by atoms with Crippen LogP contribution in [-0.2, 0) is 0 Å². The van der Waals surface area contributed by atoms with Crippen molar-refractivity contribution in [3.8, 4) is 0 Å². The molecule has 2 atom stereocenters. The van der Waals surface area contributed by atoms with Crippen molar-refractivity contribution in [2.24, 2.45) is 0 Å². The minimum atomic E-state index is 0.350. The zero-order valence-electron chi connectivity index (χ0n) is 9.23. The van der Waals surface area contributed by atoms with Gasteiger partial charge in [0, 0.05) is 25.2 Å². The second-order valence-electron chi connectivity index (χ2n) is 4.25. The van der Waals surface area contributed by atoms with Crippen LogP contribution < -0.4 is 10.6 Å². The first-order chi connectivity index (χ1) is 7.84. The quantitative estimate of drug-likeness (QED) is 0.759. The summed E-state index contributed by atoms with van der Waals surface area (Å²) in [5, 5.41) is 6.98. The lowest BCUT2D eigenvalue weighted by atomic mass is 9.98. The molecule has 4 heteroatoms. The average molecular weight is 217 g/mol. The fourth-order valence-corrected chi connectivity index (χ4v) is 2.29. The van der Waals surface area contributed by atoms with Crippen LogP contribution in [0.5, 0.6) is 0 Å². The molecule has 0 aliphatic carbocycles. The van der Waals surface area contributed by atoms with Gasteiger partial charge in [0.25, 0.3) is 0 Å². The zero-order valence-corrected chi connectivity index (χ0v) is 9.23. The molecule has 1 aliphatic heterocycles. The van der Waals surface area contributed by atoms with E-state index in [4.69, 9.17) is 4.42 Å². The fraction of sp³-hybridized carbons (Fsp3) is 0.417. The molecule has 2 aromatic rings. The van der Waals surface area contributed by atoms with Gasteiger partial charge in [-0.3, -0.25) is 0 Å². The van der Waals surface area contributed by atoms with Crippen molar-refractivity contribution in [1.82, 2.24) is 15.6 Å². The van der Waals surface area contributed by atoms with Crippen LogP contribution in [0.25, 0.3) is 11.1 Å². The maximum atomic E-state index is 5.33. The minimum absolute atomic E-state index is 0.350. The molecule has 84 valence electrons. The predicted octanol–water partition coefficient (Wildman–Crippen LogP) is 1.45. The topological polar surface area (TPSA) is 50.1 Å². The summed E-state index contributed by atoms with van der Waals surface area (Å²) in [6.45, 7) is 4.23. The lowest BCUT2D eigenvalue weighted by Crippen LogP contribution is -2.48. The first-order valence-electron chi connectivity index (χ1n) is 5.64. The molecule has 2 N–H and O–H groups in total. The van der Waals surface area contributed by atoms with E-state index in [1.54, 1.807) is 0 Å². The Morgan fingerprint density at radius 3 is 3.06 bits per heavy atom. The van der Waals surface area contributed by atoms with E-state index in [9.17, 15) is 0 Å². The smallest absolute Gasteiger partial charge is 0.181 e. The Morgan fingerprint density at radius 1 is 1.31 bits per heavy atom. The van der Waals surface area contributed by atoms with E-state index in [1.807, 2.05) is 6.07 Å². The van der Waals surface area contributed by atoms with Gasteiger partial charge in [0.1, 0.15) is 5.52 Å². The van der Waals surface area contributed by atoms with Gasteiger partial charge in [-0.1, -0.05) is 6.07 Å².